The summed E-state index contributed by atoms with van der Waals surface area (Å²) in [7, 11) is 1.63. The largest absolute Gasteiger partial charge is 0.380 e. The van der Waals surface area contributed by atoms with Gasteiger partial charge in [-0.2, -0.15) is 5.26 Å². The second-order valence-electron chi connectivity index (χ2n) is 4.27. The summed E-state index contributed by atoms with van der Waals surface area (Å²) in [4.78, 5) is 12.6. The zero-order valence-electron chi connectivity index (χ0n) is 11.1. The maximum Gasteiger partial charge on any atom is 0.224 e. The lowest BCUT2D eigenvalue weighted by Crippen LogP contribution is -2.20. The van der Waals surface area contributed by atoms with E-state index in [2.05, 4.69) is 16.7 Å². The van der Waals surface area contributed by atoms with Crippen LogP contribution in [0.3, 0.4) is 0 Å². The minimum absolute atomic E-state index is 0.0119. The average molecular weight is 285 g/mol. The van der Waals surface area contributed by atoms with Crippen LogP contribution in [0.1, 0.15) is 16.0 Å². The molecule has 2 N–H and O–H groups in total. The Morgan fingerprint density at radius 1 is 1.40 bits per heavy atom. The van der Waals surface area contributed by atoms with Crippen molar-refractivity contribution < 1.29 is 4.79 Å². The van der Waals surface area contributed by atoms with Crippen molar-refractivity contribution in [3.8, 4) is 6.07 Å². The maximum atomic E-state index is 11.5. The molecule has 0 spiro atoms. The van der Waals surface area contributed by atoms with Crippen LogP contribution >= 0.6 is 11.3 Å². The van der Waals surface area contributed by atoms with Crippen LogP contribution in [0.5, 0.6) is 0 Å². The third kappa shape index (κ3) is 3.59. The minimum atomic E-state index is -0.0119. The van der Waals surface area contributed by atoms with E-state index >= 15 is 0 Å². The summed E-state index contributed by atoms with van der Waals surface area (Å²) in [6.45, 7) is 0.650. The average Bonchev–Trinajstić information content (AvgIpc) is 2.94. The first-order valence-electron chi connectivity index (χ1n) is 6.23. The fourth-order valence-corrected chi connectivity index (χ4v) is 2.57. The molecule has 4 nitrogen and oxygen atoms in total. The minimum Gasteiger partial charge on any atom is -0.380 e. The molecule has 0 saturated carbocycles. The number of para-hydroxylation sites is 1. The van der Waals surface area contributed by atoms with Gasteiger partial charge in [-0.15, -0.1) is 11.3 Å². The Kier molecular flexibility index (Phi) is 4.75. The number of nitrogens with zero attached hydrogens (tertiary/aromatic N) is 1. The maximum absolute atomic E-state index is 11.5. The van der Waals surface area contributed by atoms with Gasteiger partial charge in [0.25, 0.3) is 0 Å². The van der Waals surface area contributed by atoms with Gasteiger partial charge in [-0.3, -0.25) is 4.79 Å². The van der Waals surface area contributed by atoms with Gasteiger partial charge >= 0.3 is 0 Å². The van der Waals surface area contributed by atoms with Crippen molar-refractivity contribution in [1.29, 1.82) is 5.26 Å². The molecule has 2 aromatic rings. The molecule has 0 radical (unpaired) electrons. The number of nitriles is 1. The van der Waals surface area contributed by atoms with E-state index in [9.17, 15) is 4.79 Å². The van der Waals surface area contributed by atoms with Gasteiger partial charge in [0, 0.05) is 29.5 Å². The highest BCUT2D eigenvalue weighted by Gasteiger charge is 2.06. The van der Waals surface area contributed by atoms with Crippen LogP contribution in [-0.4, -0.2) is 13.0 Å². The molecular formula is C15H15N3OS. The first kappa shape index (κ1) is 14.1. The van der Waals surface area contributed by atoms with Crippen LogP contribution in [-0.2, 0) is 17.8 Å². The number of rotatable bonds is 5. The predicted octanol–water partition coefficient (Wildman–Crippen LogP) is 2.52. The molecular weight excluding hydrogens is 270 g/mol. The van der Waals surface area contributed by atoms with Gasteiger partial charge in [0.05, 0.1) is 12.0 Å². The Balaban J connectivity index is 2.05. The molecule has 0 saturated heterocycles. The molecule has 0 bridgehead atoms. The normalized spacial score (nSPS) is 9.80. The first-order chi connectivity index (χ1) is 9.72. The second-order valence-corrected chi connectivity index (χ2v) is 5.27. The Morgan fingerprint density at radius 3 is 2.90 bits per heavy atom. The molecule has 0 fully saturated rings. The first-order valence-corrected chi connectivity index (χ1v) is 7.10. The monoisotopic (exact) mass is 285 g/mol. The summed E-state index contributed by atoms with van der Waals surface area (Å²) in [6, 6.07) is 11.7. The molecule has 0 atom stereocenters. The highest BCUT2D eigenvalue weighted by molar-refractivity contribution is 7.10. The predicted molar refractivity (Wildman–Crippen MR) is 80.6 cm³/mol. The molecule has 5 heteroatoms. The molecule has 2 rings (SSSR count). The summed E-state index contributed by atoms with van der Waals surface area (Å²) >= 11 is 1.55. The van der Waals surface area contributed by atoms with Gasteiger partial charge in [0.2, 0.25) is 5.91 Å². The van der Waals surface area contributed by atoms with E-state index in [1.807, 2.05) is 35.7 Å². The molecule has 20 heavy (non-hydrogen) atoms. The van der Waals surface area contributed by atoms with E-state index in [1.54, 1.807) is 18.4 Å². The molecule has 102 valence electrons. The fourth-order valence-electron chi connectivity index (χ4n) is 1.82. The number of carbonyl (C=O) groups is 1. The van der Waals surface area contributed by atoms with Crippen LogP contribution < -0.4 is 10.6 Å². The van der Waals surface area contributed by atoms with E-state index < -0.39 is 0 Å². The standard InChI is InChI=1S/C15H15N3OS/c1-17-15(19)7-12-4-2-3-5-14(12)18-9-13-6-11(8-16)10-20-13/h2-6,10,18H,7,9H2,1H3,(H,17,19). The van der Waals surface area contributed by atoms with Crippen molar-refractivity contribution in [3.05, 3.63) is 51.7 Å². The van der Waals surface area contributed by atoms with Gasteiger partial charge in [-0.25, -0.2) is 0 Å². The smallest absolute Gasteiger partial charge is 0.224 e. The zero-order valence-corrected chi connectivity index (χ0v) is 12.0. The van der Waals surface area contributed by atoms with Crippen molar-refractivity contribution in [2.45, 2.75) is 13.0 Å². The van der Waals surface area contributed by atoms with Crippen molar-refractivity contribution in [3.63, 3.8) is 0 Å². The lowest BCUT2D eigenvalue weighted by atomic mass is 10.1. The number of nitrogens with one attached hydrogen (secondary N) is 2. The molecule has 0 aliphatic rings. The Morgan fingerprint density at radius 2 is 2.20 bits per heavy atom. The van der Waals surface area contributed by atoms with E-state index in [-0.39, 0.29) is 5.91 Å². The topological polar surface area (TPSA) is 64.9 Å². The number of amides is 1. The Labute approximate surface area is 122 Å². The highest BCUT2D eigenvalue weighted by Crippen LogP contribution is 2.19. The molecule has 1 amide bonds. The van der Waals surface area contributed by atoms with E-state index in [0.29, 0.717) is 18.5 Å². The highest BCUT2D eigenvalue weighted by atomic mass is 32.1. The number of hydrogen-bond acceptors (Lipinski definition) is 4. The molecule has 0 aliphatic carbocycles. The Hall–Kier alpha value is -2.32. The number of anilines is 1. The zero-order chi connectivity index (χ0) is 14.4. The van der Waals surface area contributed by atoms with Crippen LogP contribution in [0.2, 0.25) is 0 Å². The number of thiophene rings is 1. The summed E-state index contributed by atoms with van der Waals surface area (Å²) in [6.07, 6.45) is 0.355. The summed E-state index contributed by atoms with van der Waals surface area (Å²) in [5.41, 5.74) is 2.59. The second kappa shape index (κ2) is 6.73. The molecule has 0 aliphatic heterocycles. The lowest BCUT2D eigenvalue weighted by molar-refractivity contribution is -0.119. The number of carbonyl (C=O) groups excluding carboxylic acids is 1. The van der Waals surface area contributed by atoms with Crippen molar-refractivity contribution in [2.24, 2.45) is 0 Å². The third-order valence-electron chi connectivity index (χ3n) is 2.88. The number of likely N-dealkylation sites (N-methyl/N-ethyl adjacent to an activating group) is 1. The third-order valence-corrected chi connectivity index (χ3v) is 3.82. The SMILES string of the molecule is CNC(=O)Cc1ccccc1NCc1cc(C#N)cs1. The van der Waals surface area contributed by atoms with Gasteiger partial charge in [-0.1, -0.05) is 18.2 Å². The van der Waals surface area contributed by atoms with E-state index in [0.717, 1.165) is 16.1 Å². The number of hydrogen-bond donors (Lipinski definition) is 2. The van der Waals surface area contributed by atoms with Crippen LogP contribution in [0, 0.1) is 11.3 Å². The van der Waals surface area contributed by atoms with E-state index in [1.165, 1.54) is 0 Å². The van der Waals surface area contributed by atoms with Crippen LogP contribution in [0.15, 0.2) is 35.7 Å². The quantitative estimate of drug-likeness (QED) is 0.887. The summed E-state index contributed by atoms with van der Waals surface area (Å²) < 4.78 is 0. The molecule has 1 heterocycles. The van der Waals surface area contributed by atoms with Gasteiger partial charge in [0.1, 0.15) is 6.07 Å². The lowest BCUT2D eigenvalue weighted by Gasteiger charge is -2.10. The molecule has 1 aromatic heterocycles. The van der Waals surface area contributed by atoms with Gasteiger partial charge < -0.3 is 10.6 Å². The van der Waals surface area contributed by atoms with E-state index in [4.69, 9.17) is 5.26 Å². The van der Waals surface area contributed by atoms with Crippen LogP contribution in [0.25, 0.3) is 0 Å². The fraction of sp³-hybridized carbons (Fsp3) is 0.200. The summed E-state index contributed by atoms with van der Waals surface area (Å²) in [5.74, 6) is -0.0119. The van der Waals surface area contributed by atoms with Crippen molar-refractivity contribution in [1.82, 2.24) is 5.32 Å². The van der Waals surface area contributed by atoms with Crippen LogP contribution in [0.4, 0.5) is 5.69 Å². The van der Waals surface area contributed by atoms with Crippen molar-refractivity contribution in [2.75, 3.05) is 12.4 Å². The molecule has 0 unspecified atom stereocenters. The molecule has 1 aromatic carbocycles. The summed E-state index contributed by atoms with van der Waals surface area (Å²) in [5, 5.41) is 16.6. The van der Waals surface area contributed by atoms with Gasteiger partial charge in [-0.05, 0) is 17.7 Å². The number of benzene rings is 1. The Bertz CT molecular complexity index is 643. The van der Waals surface area contributed by atoms with Crippen molar-refractivity contribution >= 4 is 22.9 Å². The van der Waals surface area contributed by atoms with Gasteiger partial charge in [0.15, 0.2) is 0 Å².